The normalized spacial score (nSPS) is 12.5. The third-order valence-corrected chi connectivity index (χ3v) is 4.96. The molecule has 0 bridgehead atoms. The molecule has 24 heavy (non-hydrogen) atoms. The quantitative estimate of drug-likeness (QED) is 0.207. The van der Waals surface area contributed by atoms with Crippen LogP contribution in [0.1, 0.15) is 0 Å². The molecule has 9 nitrogen and oxygen atoms in total. The average Bonchev–Trinajstić information content (AvgIpc) is 2.60. The zero-order chi connectivity index (χ0) is 18.3. The molecule has 0 atom stereocenters. The minimum atomic E-state index is -3.27. The first-order valence-electron chi connectivity index (χ1n) is 7.40. The van der Waals surface area contributed by atoms with Gasteiger partial charge in [0, 0.05) is 35.5 Å². The van der Waals surface area contributed by atoms with Gasteiger partial charge >= 0.3 is 15.0 Å². The van der Waals surface area contributed by atoms with Crippen molar-refractivity contribution in [3.05, 3.63) is 12.3 Å². The van der Waals surface area contributed by atoms with Crippen LogP contribution in [0.15, 0.2) is 12.3 Å². The predicted octanol–water partition coefficient (Wildman–Crippen LogP) is 0.560. The van der Waals surface area contributed by atoms with Crippen LogP contribution in [0.3, 0.4) is 0 Å². The molecule has 0 aliphatic rings. The maximum Gasteiger partial charge on any atom is 0.534 e. The Hall–Kier alpha value is -0.403. The highest BCUT2D eigenvalue weighted by molar-refractivity contribution is 6.66. The molecule has 0 unspecified atom stereocenters. The van der Waals surface area contributed by atoms with E-state index in [4.69, 9.17) is 41.7 Å². The van der Waals surface area contributed by atoms with E-state index in [1.54, 1.807) is 21.3 Å². The lowest BCUT2D eigenvalue weighted by Gasteiger charge is -2.37. The van der Waals surface area contributed by atoms with Crippen molar-refractivity contribution in [1.82, 2.24) is 0 Å². The van der Waals surface area contributed by atoms with Gasteiger partial charge < -0.3 is 37.3 Å². The third kappa shape index (κ3) is 8.62. The Bertz CT molecular complexity index is 286. The maximum absolute atomic E-state index is 5.86. The fourth-order valence-corrected chi connectivity index (χ4v) is 2.79. The summed E-state index contributed by atoms with van der Waals surface area (Å²) in [7, 11) is 4.28. The molecule has 144 valence electrons. The minimum Gasteiger partial charge on any atom is -0.382 e. The first kappa shape index (κ1) is 23.6. The molecule has 0 aliphatic heterocycles. The largest absolute Gasteiger partial charge is 0.534 e. The first-order chi connectivity index (χ1) is 11.6. The van der Waals surface area contributed by atoms with Crippen LogP contribution in [0.2, 0.25) is 0 Å². The van der Waals surface area contributed by atoms with Gasteiger partial charge in [0.2, 0.25) is 0 Å². The van der Waals surface area contributed by atoms with Gasteiger partial charge in [-0.2, -0.15) is 0 Å². The van der Waals surface area contributed by atoms with Crippen molar-refractivity contribution in [3.63, 3.8) is 0 Å². The van der Waals surface area contributed by atoms with Crippen LogP contribution in [0, 0.1) is 0 Å². The van der Waals surface area contributed by atoms with Crippen LogP contribution >= 0.6 is 0 Å². The lowest BCUT2D eigenvalue weighted by molar-refractivity contribution is -0.482. The Kier molecular flexibility index (Phi) is 13.6. The molecular weight excluding hydrogens is 340 g/mol. The van der Waals surface area contributed by atoms with Gasteiger partial charge in [0.15, 0.2) is 0 Å². The summed E-state index contributed by atoms with van der Waals surface area (Å²) in [6.45, 7) is 5.11. The molecule has 0 aromatic heterocycles. The van der Waals surface area contributed by atoms with E-state index in [2.05, 4.69) is 6.58 Å². The minimum absolute atomic E-state index is 0.158. The van der Waals surface area contributed by atoms with Crippen molar-refractivity contribution < 1.29 is 41.7 Å². The molecule has 0 saturated heterocycles. The first-order valence-corrected chi connectivity index (χ1v) is 9.20. The van der Waals surface area contributed by atoms with Crippen molar-refractivity contribution in [2.24, 2.45) is 0 Å². The Morgan fingerprint density at radius 2 is 1.08 bits per heavy atom. The van der Waals surface area contributed by atoms with Crippen LogP contribution in [0.25, 0.3) is 0 Å². The summed E-state index contributed by atoms with van der Waals surface area (Å²) < 4.78 is 48.5. The van der Waals surface area contributed by atoms with Crippen LogP contribution in [-0.2, 0) is 41.7 Å². The summed E-state index contributed by atoms with van der Waals surface area (Å²) in [6, 6.07) is 0. The van der Waals surface area contributed by atoms with E-state index in [0.717, 1.165) is 0 Å². The molecule has 0 heterocycles. The fourth-order valence-electron chi connectivity index (χ4n) is 1.51. The van der Waals surface area contributed by atoms with E-state index in [1.165, 1.54) is 19.9 Å². The Morgan fingerprint density at radius 1 is 0.708 bits per heavy atom. The van der Waals surface area contributed by atoms with Gasteiger partial charge in [-0.15, -0.1) is 0 Å². The number of methoxy groups -OCH3 is 3. The second-order valence-corrected chi connectivity index (χ2v) is 6.98. The highest BCUT2D eigenvalue weighted by atomic mass is 28.4. The van der Waals surface area contributed by atoms with Gasteiger partial charge in [0.25, 0.3) is 0 Å². The van der Waals surface area contributed by atoms with E-state index in [9.17, 15) is 0 Å². The van der Waals surface area contributed by atoms with E-state index < -0.39 is 15.0 Å². The number of rotatable bonds is 17. The van der Waals surface area contributed by atoms with Crippen molar-refractivity contribution in [2.45, 2.75) is 6.16 Å². The molecule has 10 heteroatoms. The topological polar surface area (TPSA) is 83.1 Å². The zero-order valence-corrected chi connectivity index (χ0v) is 16.2. The standard InChI is InChI=1S/C14H30O9Si/c1-7-24(18-5,19-6)23-14(20-11-8-15-2,21-12-9-16-3)22-13-10-17-4/h7H,1,8-13H2,2-6H3. The third-order valence-electron chi connectivity index (χ3n) is 2.79. The van der Waals surface area contributed by atoms with Crippen LogP contribution in [0.5, 0.6) is 0 Å². The van der Waals surface area contributed by atoms with Gasteiger partial charge in [0.05, 0.1) is 39.6 Å². The van der Waals surface area contributed by atoms with Gasteiger partial charge in [-0.3, -0.25) is 4.43 Å². The second-order valence-electron chi connectivity index (χ2n) is 4.34. The molecule has 0 saturated carbocycles. The van der Waals surface area contributed by atoms with E-state index in [0.29, 0.717) is 19.8 Å². The predicted molar refractivity (Wildman–Crippen MR) is 87.3 cm³/mol. The van der Waals surface area contributed by atoms with Crippen molar-refractivity contribution >= 4 is 8.80 Å². The molecule has 0 radical (unpaired) electrons. The summed E-state index contributed by atoms with van der Waals surface area (Å²) in [5, 5.41) is 0. The molecular formula is C14H30O9Si. The van der Waals surface area contributed by atoms with E-state index >= 15 is 0 Å². The lowest BCUT2D eigenvalue weighted by Crippen LogP contribution is -2.55. The maximum atomic E-state index is 5.86. The molecule has 0 spiro atoms. The second kappa shape index (κ2) is 13.8. The SMILES string of the molecule is C=C[Si](OC)(OC)OC(OCCOC)(OCCOC)OCCOC. The Morgan fingerprint density at radius 3 is 1.33 bits per heavy atom. The van der Waals surface area contributed by atoms with Crippen molar-refractivity contribution in [2.75, 3.05) is 75.2 Å². The molecule has 0 fully saturated rings. The van der Waals surface area contributed by atoms with Crippen molar-refractivity contribution in [1.29, 1.82) is 0 Å². The number of hydrogen-bond acceptors (Lipinski definition) is 9. The molecule has 0 aromatic carbocycles. The Balaban J connectivity index is 5.26. The molecule has 0 aromatic rings. The van der Waals surface area contributed by atoms with Crippen LogP contribution in [0.4, 0.5) is 0 Å². The summed E-state index contributed by atoms with van der Waals surface area (Å²) >= 11 is 0. The van der Waals surface area contributed by atoms with Gasteiger partial charge in [-0.05, 0) is 5.70 Å². The van der Waals surface area contributed by atoms with Gasteiger partial charge in [0.1, 0.15) is 0 Å². The van der Waals surface area contributed by atoms with E-state index in [1.807, 2.05) is 0 Å². The molecule has 0 aliphatic carbocycles. The smallest absolute Gasteiger partial charge is 0.382 e. The Labute approximate surface area is 145 Å². The average molecular weight is 370 g/mol. The summed E-state index contributed by atoms with van der Waals surface area (Å²) in [4.78, 5) is 0. The van der Waals surface area contributed by atoms with Gasteiger partial charge in [-0.25, -0.2) is 0 Å². The number of ether oxygens (including phenoxy) is 6. The highest BCUT2D eigenvalue weighted by Gasteiger charge is 2.49. The molecule has 0 rings (SSSR count). The summed E-state index contributed by atoms with van der Waals surface area (Å²) in [5.41, 5.74) is 1.45. The van der Waals surface area contributed by atoms with E-state index in [-0.39, 0.29) is 19.8 Å². The molecule has 0 N–H and O–H groups in total. The monoisotopic (exact) mass is 370 g/mol. The highest BCUT2D eigenvalue weighted by Crippen LogP contribution is 2.25. The van der Waals surface area contributed by atoms with Crippen LogP contribution < -0.4 is 0 Å². The molecule has 0 amide bonds. The van der Waals surface area contributed by atoms with Crippen molar-refractivity contribution in [3.8, 4) is 0 Å². The fraction of sp³-hybridized carbons (Fsp3) is 0.857. The summed E-state index contributed by atoms with van der Waals surface area (Å²) in [5.74, 6) is 0. The van der Waals surface area contributed by atoms with Crippen LogP contribution in [-0.4, -0.2) is 90.2 Å². The van der Waals surface area contributed by atoms with Gasteiger partial charge in [-0.1, -0.05) is 6.58 Å². The zero-order valence-electron chi connectivity index (χ0n) is 15.2. The number of hydrogen-bond donors (Lipinski definition) is 0. The summed E-state index contributed by atoms with van der Waals surface area (Å²) in [6.07, 6.45) is -1.86. The lowest BCUT2D eigenvalue weighted by atomic mass is 10.7.